The number of pyridine rings is 1. The number of aryl methyl sites for hydroxylation is 1. The number of thiocarbonyl (C=S) groups is 1. The van der Waals surface area contributed by atoms with Crippen LogP contribution in [0.5, 0.6) is 0 Å². The van der Waals surface area contributed by atoms with Crippen LogP contribution in [0.1, 0.15) is 11.3 Å². The van der Waals surface area contributed by atoms with E-state index >= 15 is 0 Å². The van der Waals surface area contributed by atoms with Crippen LogP contribution in [0.25, 0.3) is 0 Å². The molecule has 92 valence electrons. The maximum absolute atomic E-state index is 6.16. The Labute approximate surface area is 116 Å². The molecule has 3 N–H and O–H groups in total. The molecular weight excluding hydrogens is 266 g/mol. The zero-order valence-electron chi connectivity index (χ0n) is 9.77. The largest absolute Gasteiger partial charge is 0.388 e. The molecule has 0 spiro atoms. The van der Waals surface area contributed by atoms with E-state index in [4.69, 9.17) is 29.6 Å². The summed E-state index contributed by atoms with van der Waals surface area (Å²) in [6.07, 6.45) is 1.65. The smallest absolute Gasteiger partial charge is 0.124 e. The minimum Gasteiger partial charge on any atom is -0.388 e. The molecule has 1 heterocycles. The molecular formula is C13H12ClN3S. The van der Waals surface area contributed by atoms with Crippen LogP contribution >= 0.6 is 23.8 Å². The Balaban J connectivity index is 2.37. The maximum atomic E-state index is 6.16. The molecule has 0 aliphatic heterocycles. The number of nitrogens with one attached hydrogen (secondary N) is 1. The number of rotatable bonds is 3. The summed E-state index contributed by atoms with van der Waals surface area (Å²) in [6, 6.07) is 9.45. The summed E-state index contributed by atoms with van der Waals surface area (Å²) in [4.78, 5) is 4.40. The van der Waals surface area contributed by atoms with Crippen molar-refractivity contribution in [2.45, 2.75) is 6.92 Å². The number of nitrogens with zero attached hydrogens (tertiary/aromatic N) is 1. The van der Waals surface area contributed by atoms with Crippen molar-refractivity contribution in [3.8, 4) is 0 Å². The molecule has 2 rings (SSSR count). The fourth-order valence-corrected chi connectivity index (χ4v) is 2.01. The van der Waals surface area contributed by atoms with E-state index in [1.165, 1.54) is 0 Å². The van der Waals surface area contributed by atoms with Crippen LogP contribution in [-0.4, -0.2) is 9.97 Å². The summed E-state index contributed by atoms with van der Waals surface area (Å²) in [5, 5.41) is 3.83. The highest BCUT2D eigenvalue weighted by atomic mass is 35.5. The maximum Gasteiger partial charge on any atom is 0.124 e. The van der Waals surface area contributed by atoms with Crippen LogP contribution in [0, 0.1) is 6.92 Å². The van der Waals surface area contributed by atoms with Crippen molar-refractivity contribution >= 4 is 40.2 Å². The van der Waals surface area contributed by atoms with Crippen LogP contribution in [0.3, 0.4) is 0 Å². The summed E-state index contributed by atoms with van der Waals surface area (Å²) in [5.74, 6) is 0. The van der Waals surface area contributed by atoms with Gasteiger partial charge in [0.15, 0.2) is 0 Å². The fraction of sp³-hybridized carbons (Fsp3) is 0.0769. The molecule has 1 aromatic heterocycles. The van der Waals surface area contributed by atoms with Crippen molar-refractivity contribution in [2.24, 2.45) is 5.73 Å². The highest BCUT2D eigenvalue weighted by Gasteiger charge is 2.08. The molecule has 0 saturated heterocycles. The summed E-state index contributed by atoms with van der Waals surface area (Å²) in [7, 11) is 0. The lowest BCUT2D eigenvalue weighted by atomic mass is 10.2. The van der Waals surface area contributed by atoms with Crippen LogP contribution in [0.4, 0.5) is 11.4 Å². The van der Waals surface area contributed by atoms with E-state index < -0.39 is 0 Å². The molecule has 0 amide bonds. The third-order valence-electron chi connectivity index (χ3n) is 2.44. The van der Waals surface area contributed by atoms with Crippen LogP contribution in [0.2, 0.25) is 5.02 Å². The average molecular weight is 278 g/mol. The number of hydrogen-bond acceptors (Lipinski definition) is 3. The molecule has 0 saturated carbocycles. The molecule has 0 radical (unpaired) electrons. The zero-order chi connectivity index (χ0) is 13.1. The predicted molar refractivity (Wildman–Crippen MR) is 79.6 cm³/mol. The fourth-order valence-electron chi connectivity index (χ4n) is 1.57. The second-order valence-corrected chi connectivity index (χ2v) is 4.72. The highest BCUT2D eigenvalue weighted by molar-refractivity contribution is 7.80. The molecule has 3 nitrogen and oxygen atoms in total. The highest BCUT2D eigenvalue weighted by Crippen LogP contribution is 2.27. The van der Waals surface area contributed by atoms with Gasteiger partial charge in [0, 0.05) is 6.20 Å². The predicted octanol–water partition coefficient (Wildman–Crippen LogP) is 3.42. The topological polar surface area (TPSA) is 50.9 Å². The third-order valence-corrected chi connectivity index (χ3v) is 2.94. The van der Waals surface area contributed by atoms with Crippen molar-refractivity contribution < 1.29 is 0 Å². The monoisotopic (exact) mass is 277 g/mol. The van der Waals surface area contributed by atoms with Gasteiger partial charge in [0.25, 0.3) is 0 Å². The molecule has 0 bridgehead atoms. The normalized spacial score (nSPS) is 10.1. The van der Waals surface area contributed by atoms with Gasteiger partial charge in [-0.1, -0.05) is 29.9 Å². The molecule has 2 aromatic rings. The van der Waals surface area contributed by atoms with Crippen LogP contribution < -0.4 is 11.1 Å². The van der Waals surface area contributed by atoms with Crippen molar-refractivity contribution in [2.75, 3.05) is 5.32 Å². The summed E-state index contributed by atoms with van der Waals surface area (Å²) in [6.45, 7) is 1.99. The van der Waals surface area contributed by atoms with Gasteiger partial charge in [-0.15, -0.1) is 0 Å². The first-order valence-electron chi connectivity index (χ1n) is 5.36. The number of benzene rings is 1. The molecule has 0 fully saturated rings. The van der Waals surface area contributed by atoms with E-state index in [1.54, 1.807) is 6.20 Å². The summed E-state index contributed by atoms with van der Waals surface area (Å²) < 4.78 is 0. The zero-order valence-corrected chi connectivity index (χ0v) is 11.3. The lowest BCUT2D eigenvalue weighted by Crippen LogP contribution is -2.13. The van der Waals surface area contributed by atoms with E-state index in [0.717, 1.165) is 16.9 Å². The van der Waals surface area contributed by atoms with Gasteiger partial charge in [0.2, 0.25) is 0 Å². The van der Waals surface area contributed by atoms with Gasteiger partial charge < -0.3 is 11.1 Å². The standard InChI is InChI=1S/C13H12ClN3S/c1-8-4-5-10(9(14)7-8)17-11-3-2-6-16-12(11)13(15)18/h2-7,17H,1H3,(H2,15,18). The first-order chi connectivity index (χ1) is 8.58. The molecule has 0 aliphatic carbocycles. The number of anilines is 2. The van der Waals surface area contributed by atoms with Gasteiger partial charge in [-0.25, -0.2) is 0 Å². The van der Waals surface area contributed by atoms with Crippen molar-refractivity contribution in [1.29, 1.82) is 0 Å². The second-order valence-electron chi connectivity index (χ2n) is 3.87. The minimum absolute atomic E-state index is 0.251. The second kappa shape index (κ2) is 5.33. The van der Waals surface area contributed by atoms with Gasteiger partial charge in [-0.2, -0.15) is 0 Å². The molecule has 18 heavy (non-hydrogen) atoms. The lowest BCUT2D eigenvalue weighted by Gasteiger charge is -2.11. The Morgan fingerprint density at radius 3 is 2.78 bits per heavy atom. The number of halogens is 1. The molecule has 5 heteroatoms. The van der Waals surface area contributed by atoms with Gasteiger partial charge in [0.05, 0.1) is 16.4 Å². The van der Waals surface area contributed by atoms with Crippen LogP contribution in [-0.2, 0) is 0 Å². The van der Waals surface area contributed by atoms with Gasteiger partial charge in [-0.05, 0) is 36.8 Å². The Morgan fingerprint density at radius 2 is 2.11 bits per heavy atom. The molecule has 0 aliphatic rings. The van der Waals surface area contributed by atoms with E-state index in [-0.39, 0.29) is 4.99 Å². The van der Waals surface area contributed by atoms with Crippen molar-refractivity contribution in [3.63, 3.8) is 0 Å². The molecule has 0 atom stereocenters. The Kier molecular flexibility index (Phi) is 3.79. The first-order valence-corrected chi connectivity index (χ1v) is 6.14. The number of nitrogens with two attached hydrogens (primary N) is 1. The lowest BCUT2D eigenvalue weighted by molar-refractivity contribution is 1.28. The van der Waals surface area contributed by atoms with Crippen molar-refractivity contribution in [1.82, 2.24) is 4.98 Å². The summed E-state index contributed by atoms with van der Waals surface area (Å²) in [5.41, 5.74) is 8.83. The third kappa shape index (κ3) is 2.78. The van der Waals surface area contributed by atoms with Crippen LogP contribution in [0.15, 0.2) is 36.5 Å². The van der Waals surface area contributed by atoms with Gasteiger partial charge in [-0.3, -0.25) is 4.98 Å². The van der Waals surface area contributed by atoms with E-state index in [1.807, 2.05) is 37.3 Å². The van der Waals surface area contributed by atoms with E-state index in [0.29, 0.717) is 10.7 Å². The minimum atomic E-state index is 0.251. The molecule has 1 aromatic carbocycles. The average Bonchev–Trinajstić information content (AvgIpc) is 2.33. The van der Waals surface area contributed by atoms with Crippen molar-refractivity contribution in [3.05, 3.63) is 52.8 Å². The van der Waals surface area contributed by atoms with E-state index in [9.17, 15) is 0 Å². The molecule has 0 unspecified atom stereocenters. The quantitative estimate of drug-likeness (QED) is 0.844. The first kappa shape index (κ1) is 12.8. The van der Waals surface area contributed by atoms with Gasteiger partial charge >= 0.3 is 0 Å². The Morgan fingerprint density at radius 1 is 1.33 bits per heavy atom. The Bertz CT molecular complexity index is 599. The number of aromatic nitrogens is 1. The Hall–Kier alpha value is -1.65. The SMILES string of the molecule is Cc1ccc(Nc2cccnc2C(N)=S)c(Cl)c1. The van der Waals surface area contributed by atoms with E-state index in [2.05, 4.69) is 10.3 Å². The number of hydrogen-bond donors (Lipinski definition) is 2. The summed E-state index contributed by atoms with van der Waals surface area (Å²) >= 11 is 11.1. The van der Waals surface area contributed by atoms with Gasteiger partial charge in [0.1, 0.15) is 10.7 Å².